The Morgan fingerprint density at radius 3 is 1.84 bits per heavy atom. The lowest BCUT2D eigenvalue weighted by molar-refractivity contribution is -0.143. The summed E-state index contributed by atoms with van der Waals surface area (Å²) in [5, 5.41) is 11.0. The van der Waals surface area contributed by atoms with Crippen LogP contribution in [0.4, 0.5) is 0 Å². The van der Waals surface area contributed by atoms with Crippen molar-refractivity contribution in [3.05, 3.63) is 58.1 Å². The molecule has 0 saturated carbocycles. The minimum absolute atomic E-state index is 0.196. The van der Waals surface area contributed by atoms with Gasteiger partial charge in [0.05, 0.1) is 12.2 Å². The number of carbonyl (C=O) groups is 2. The van der Waals surface area contributed by atoms with Crippen LogP contribution in [-0.4, -0.2) is 23.7 Å². The summed E-state index contributed by atoms with van der Waals surface area (Å²) in [6.45, 7) is 20.8. The fraction of sp³-hybridized carbons (Fsp3) is 0.562. The molecule has 0 aliphatic carbocycles. The smallest absolute Gasteiger partial charge is 0.343 e. The van der Waals surface area contributed by atoms with E-state index in [1.807, 2.05) is 59.7 Å². The van der Waals surface area contributed by atoms with E-state index in [0.717, 1.165) is 24.0 Å². The summed E-state index contributed by atoms with van der Waals surface area (Å²) >= 11 is 0. The van der Waals surface area contributed by atoms with Gasteiger partial charge >= 0.3 is 11.9 Å². The minimum atomic E-state index is -0.464. The molecule has 0 spiro atoms. The van der Waals surface area contributed by atoms with Crippen LogP contribution in [0.25, 0.3) is 0 Å². The van der Waals surface area contributed by atoms with Gasteiger partial charge in [-0.1, -0.05) is 87.8 Å². The van der Waals surface area contributed by atoms with E-state index in [9.17, 15) is 14.7 Å². The number of unbranched alkanes of at least 4 members (excludes halogenated alkanes) is 1. The van der Waals surface area contributed by atoms with Crippen molar-refractivity contribution < 1.29 is 24.2 Å². The molecule has 1 N–H and O–H groups in total. The topological polar surface area (TPSA) is 72.8 Å². The van der Waals surface area contributed by atoms with Crippen LogP contribution in [0.5, 0.6) is 11.5 Å². The zero-order valence-corrected chi connectivity index (χ0v) is 24.5. The maximum absolute atomic E-state index is 13.4. The van der Waals surface area contributed by atoms with E-state index >= 15 is 0 Å². The Kier molecular flexibility index (Phi) is 9.62. The Hall–Kier alpha value is -2.82. The Bertz CT molecular complexity index is 1070. The maximum Gasteiger partial charge on any atom is 0.343 e. The van der Waals surface area contributed by atoms with Gasteiger partial charge in [0, 0.05) is 23.1 Å². The predicted molar refractivity (Wildman–Crippen MR) is 150 cm³/mol. The second kappa shape index (κ2) is 11.7. The van der Waals surface area contributed by atoms with Gasteiger partial charge in [0.25, 0.3) is 0 Å². The van der Waals surface area contributed by atoms with E-state index in [1.165, 1.54) is 0 Å². The molecule has 2 rings (SSSR count). The SMILES string of the molecule is CCCCOC(=O)CCc1ccc(OC(=O)c2cc(C(C)(C)C)c(O)c(C(C)(C)C)c2)c(C(C)(C)C)c1. The number of carbonyl (C=O) groups excluding carboxylic acids is 2. The van der Waals surface area contributed by atoms with E-state index in [4.69, 9.17) is 9.47 Å². The number of aryl methyl sites for hydroxylation is 1. The largest absolute Gasteiger partial charge is 0.507 e. The number of rotatable bonds is 8. The van der Waals surface area contributed by atoms with E-state index < -0.39 is 5.97 Å². The maximum atomic E-state index is 13.4. The molecule has 0 aromatic heterocycles. The number of ether oxygens (including phenoxy) is 2. The second-order valence-corrected chi connectivity index (χ2v) is 13.0. The van der Waals surface area contributed by atoms with Crippen LogP contribution in [0.15, 0.2) is 30.3 Å². The Labute approximate surface area is 223 Å². The molecule has 0 bridgehead atoms. The van der Waals surface area contributed by atoms with Crippen molar-refractivity contribution >= 4 is 11.9 Å². The fourth-order valence-corrected chi connectivity index (χ4v) is 4.11. The van der Waals surface area contributed by atoms with E-state index in [-0.39, 0.29) is 28.0 Å². The van der Waals surface area contributed by atoms with Crippen molar-refractivity contribution in [2.45, 2.75) is 111 Å². The molecule has 37 heavy (non-hydrogen) atoms. The van der Waals surface area contributed by atoms with Gasteiger partial charge in [-0.3, -0.25) is 4.79 Å². The fourth-order valence-electron chi connectivity index (χ4n) is 4.11. The molecule has 0 radical (unpaired) electrons. The number of phenolic OH excluding ortho intramolecular Hbond substituents is 1. The highest BCUT2D eigenvalue weighted by Gasteiger charge is 2.29. The Morgan fingerprint density at radius 2 is 1.35 bits per heavy atom. The van der Waals surface area contributed by atoms with Crippen molar-refractivity contribution in [2.24, 2.45) is 0 Å². The summed E-state index contributed by atoms with van der Waals surface area (Å²) in [6, 6.07) is 9.20. The lowest BCUT2D eigenvalue weighted by atomic mass is 9.78. The predicted octanol–water partition coefficient (Wildman–Crippen LogP) is 7.78. The summed E-state index contributed by atoms with van der Waals surface area (Å²) in [6.07, 6.45) is 2.73. The number of aromatic hydroxyl groups is 1. The van der Waals surface area contributed by atoms with Crippen molar-refractivity contribution in [2.75, 3.05) is 6.61 Å². The van der Waals surface area contributed by atoms with Gasteiger partial charge in [0.1, 0.15) is 11.5 Å². The molecule has 5 heteroatoms. The summed E-state index contributed by atoms with van der Waals surface area (Å²) in [5.41, 5.74) is 2.73. The summed E-state index contributed by atoms with van der Waals surface area (Å²) < 4.78 is 11.2. The standard InChI is InChI=1S/C32H46O5/c1-11-12-17-36-27(33)16-14-21-13-15-26(23(18-21)30(2,3)4)37-29(35)22-19-24(31(5,6)7)28(34)25(20-22)32(8,9)10/h13,15,18-20,34H,11-12,14,16-17H2,1-10H3. The van der Waals surface area contributed by atoms with E-state index in [2.05, 4.69) is 27.7 Å². The first-order valence-corrected chi connectivity index (χ1v) is 13.3. The molecule has 2 aromatic carbocycles. The first-order chi connectivity index (χ1) is 16.9. The molecule has 0 unspecified atom stereocenters. The second-order valence-electron chi connectivity index (χ2n) is 13.0. The Morgan fingerprint density at radius 1 is 0.811 bits per heavy atom. The average molecular weight is 511 g/mol. The highest BCUT2D eigenvalue weighted by Crippen LogP contribution is 2.40. The van der Waals surface area contributed by atoms with Crippen LogP contribution in [-0.2, 0) is 32.2 Å². The van der Waals surface area contributed by atoms with Crippen LogP contribution in [0.3, 0.4) is 0 Å². The number of esters is 2. The third-order valence-electron chi connectivity index (χ3n) is 6.40. The summed E-state index contributed by atoms with van der Waals surface area (Å²) in [4.78, 5) is 25.5. The van der Waals surface area contributed by atoms with Gasteiger partial charge in [-0.05, 0) is 52.8 Å². The van der Waals surface area contributed by atoms with Crippen molar-refractivity contribution in [1.82, 2.24) is 0 Å². The number of hydrogen-bond donors (Lipinski definition) is 1. The molecule has 204 valence electrons. The van der Waals surface area contributed by atoms with Gasteiger partial charge in [-0.15, -0.1) is 0 Å². The lowest BCUT2D eigenvalue weighted by Gasteiger charge is -2.28. The highest BCUT2D eigenvalue weighted by molar-refractivity contribution is 5.92. The van der Waals surface area contributed by atoms with E-state index in [1.54, 1.807) is 12.1 Å². The molecule has 0 aliphatic heterocycles. The van der Waals surface area contributed by atoms with Gasteiger partial charge in [-0.25, -0.2) is 4.79 Å². The molecule has 0 amide bonds. The third kappa shape index (κ3) is 8.34. The van der Waals surface area contributed by atoms with Gasteiger partial charge < -0.3 is 14.6 Å². The molecular formula is C32H46O5. The summed E-state index contributed by atoms with van der Waals surface area (Å²) in [5.74, 6) is 0.0608. The molecule has 5 nitrogen and oxygen atoms in total. The first-order valence-electron chi connectivity index (χ1n) is 13.3. The van der Waals surface area contributed by atoms with Gasteiger partial charge in [0.15, 0.2) is 0 Å². The molecular weight excluding hydrogens is 464 g/mol. The zero-order chi connectivity index (χ0) is 28.2. The van der Waals surface area contributed by atoms with Crippen LogP contribution in [0, 0.1) is 0 Å². The molecule has 0 heterocycles. The highest BCUT2D eigenvalue weighted by atomic mass is 16.5. The van der Waals surface area contributed by atoms with Crippen LogP contribution in [0.2, 0.25) is 0 Å². The average Bonchev–Trinajstić information content (AvgIpc) is 2.76. The van der Waals surface area contributed by atoms with Gasteiger partial charge in [-0.2, -0.15) is 0 Å². The number of hydrogen-bond acceptors (Lipinski definition) is 5. The quantitative estimate of drug-likeness (QED) is 0.223. The molecule has 0 aliphatic rings. The number of benzene rings is 2. The van der Waals surface area contributed by atoms with Crippen LogP contribution >= 0.6 is 0 Å². The van der Waals surface area contributed by atoms with Crippen molar-refractivity contribution in [3.8, 4) is 11.5 Å². The zero-order valence-electron chi connectivity index (χ0n) is 24.5. The molecule has 0 atom stereocenters. The molecule has 0 fully saturated rings. The normalized spacial score (nSPS) is 12.4. The third-order valence-corrected chi connectivity index (χ3v) is 6.40. The monoisotopic (exact) mass is 510 g/mol. The van der Waals surface area contributed by atoms with Crippen molar-refractivity contribution in [3.63, 3.8) is 0 Å². The van der Waals surface area contributed by atoms with Crippen LogP contribution < -0.4 is 4.74 Å². The molecule has 2 aromatic rings. The van der Waals surface area contributed by atoms with E-state index in [0.29, 0.717) is 41.9 Å². The number of phenols is 1. The van der Waals surface area contributed by atoms with Crippen molar-refractivity contribution in [1.29, 1.82) is 0 Å². The Balaban J connectivity index is 2.37. The molecule has 0 saturated heterocycles. The summed E-state index contributed by atoms with van der Waals surface area (Å²) in [7, 11) is 0. The first kappa shape index (κ1) is 30.4. The van der Waals surface area contributed by atoms with Gasteiger partial charge in [0.2, 0.25) is 0 Å². The lowest BCUT2D eigenvalue weighted by Crippen LogP contribution is -2.21. The minimum Gasteiger partial charge on any atom is -0.507 e. The van der Waals surface area contributed by atoms with Crippen LogP contribution in [0.1, 0.15) is 121 Å².